The Morgan fingerprint density at radius 2 is 1.77 bits per heavy atom. The predicted octanol–water partition coefficient (Wildman–Crippen LogP) is 6.37. The maximum absolute atomic E-state index is 13.5. The van der Waals surface area contributed by atoms with Gasteiger partial charge >= 0.3 is 0 Å². The van der Waals surface area contributed by atoms with Crippen LogP contribution in [0.25, 0.3) is 16.9 Å². The van der Waals surface area contributed by atoms with Crippen molar-refractivity contribution in [3.8, 4) is 16.9 Å². The van der Waals surface area contributed by atoms with Crippen LogP contribution < -0.4 is 0 Å². The second-order valence-corrected chi connectivity index (χ2v) is 9.56. The molecule has 0 amide bonds. The molecule has 1 atom stereocenters. The van der Waals surface area contributed by atoms with Gasteiger partial charge in [-0.15, -0.1) is 0 Å². The number of Topliss-reactive ketones (excluding diaryl/α,β-unsaturated/α-hetero) is 1. The number of nitrogens with zero attached hydrogens (tertiary/aromatic N) is 3. The second-order valence-electron chi connectivity index (χ2n) is 9.56. The van der Waals surface area contributed by atoms with E-state index in [1.54, 1.807) is 12.1 Å². The molecule has 6 heteroatoms. The van der Waals surface area contributed by atoms with Gasteiger partial charge in [-0.25, -0.2) is 14.4 Å². The van der Waals surface area contributed by atoms with Crippen LogP contribution in [-0.2, 0) is 24.1 Å². The fourth-order valence-corrected chi connectivity index (χ4v) is 4.87. The van der Waals surface area contributed by atoms with E-state index in [2.05, 4.69) is 4.98 Å². The van der Waals surface area contributed by atoms with Gasteiger partial charge in [-0.1, -0.05) is 29.8 Å². The molecule has 35 heavy (non-hydrogen) atoms. The highest BCUT2D eigenvalue weighted by molar-refractivity contribution is 5.80. The summed E-state index contributed by atoms with van der Waals surface area (Å²) in [5, 5.41) is 0. The van der Waals surface area contributed by atoms with Crippen LogP contribution in [0, 0.1) is 25.6 Å². The van der Waals surface area contributed by atoms with Gasteiger partial charge in [0.15, 0.2) is 5.89 Å². The van der Waals surface area contributed by atoms with E-state index >= 15 is 0 Å². The Bertz CT molecular complexity index is 1290. The fraction of sp³-hybridized carbons (Fsp3) is 0.345. The van der Waals surface area contributed by atoms with Crippen molar-refractivity contribution >= 4 is 5.78 Å². The average molecular weight is 472 g/mol. The van der Waals surface area contributed by atoms with E-state index in [-0.39, 0.29) is 18.0 Å². The predicted molar refractivity (Wildman–Crippen MR) is 133 cm³/mol. The van der Waals surface area contributed by atoms with Gasteiger partial charge in [0.1, 0.15) is 23.2 Å². The number of aryl methyl sites for hydroxylation is 4. The van der Waals surface area contributed by atoms with Crippen molar-refractivity contribution in [2.75, 3.05) is 0 Å². The number of rotatable bonds is 7. The minimum Gasteiger partial charge on any atom is -0.446 e. The molecule has 0 spiro atoms. The first-order valence-corrected chi connectivity index (χ1v) is 12.3. The molecule has 1 aliphatic rings. The van der Waals surface area contributed by atoms with Crippen LogP contribution in [0.15, 0.2) is 59.1 Å². The van der Waals surface area contributed by atoms with Gasteiger partial charge in [-0.3, -0.25) is 4.79 Å². The lowest BCUT2D eigenvalue weighted by molar-refractivity contribution is -0.118. The first-order chi connectivity index (χ1) is 16.9. The number of ketones is 1. The Hall–Kier alpha value is -3.54. The molecule has 180 valence electrons. The third kappa shape index (κ3) is 5.42. The zero-order valence-electron chi connectivity index (χ0n) is 20.3. The van der Waals surface area contributed by atoms with Crippen LogP contribution in [0.3, 0.4) is 0 Å². The van der Waals surface area contributed by atoms with Gasteiger partial charge in [-0.05, 0) is 62.8 Å². The first kappa shape index (κ1) is 23.2. The zero-order valence-corrected chi connectivity index (χ0v) is 20.3. The average Bonchev–Trinajstić information content (AvgIpc) is 3.37. The van der Waals surface area contributed by atoms with Gasteiger partial charge in [0.05, 0.1) is 17.8 Å². The standard InChI is InChI=1S/C29H30FN3O2/c1-19-3-8-22(9-4-19)27-18-33(24-12-10-23(30)11-13-24)29(32-27)17-25(34)14-5-21-6-15-26-28(16-7-21)35-20(2)31-26/h3-4,8-13,18,21H,5-7,14-17H2,1-2H3. The molecule has 2 heterocycles. The summed E-state index contributed by atoms with van der Waals surface area (Å²) in [6.07, 6.45) is 7.44. The third-order valence-corrected chi connectivity index (χ3v) is 6.87. The molecule has 0 bridgehead atoms. The van der Waals surface area contributed by atoms with Crippen molar-refractivity contribution in [1.29, 1.82) is 0 Å². The van der Waals surface area contributed by atoms with Gasteiger partial charge in [0.2, 0.25) is 0 Å². The van der Waals surface area contributed by atoms with Crippen LogP contribution in [0.4, 0.5) is 4.39 Å². The third-order valence-electron chi connectivity index (χ3n) is 6.87. The van der Waals surface area contributed by atoms with Crippen molar-refractivity contribution in [2.45, 2.75) is 58.8 Å². The number of oxazole rings is 1. The van der Waals surface area contributed by atoms with Gasteiger partial charge < -0.3 is 8.98 Å². The maximum atomic E-state index is 13.5. The molecular formula is C29H30FN3O2. The lowest BCUT2D eigenvalue weighted by atomic mass is 9.93. The number of halogens is 1. The van der Waals surface area contributed by atoms with Crippen LogP contribution in [0.1, 0.15) is 54.4 Å². The normalized spacial score (nSPS) is 15.6. The Labute approximate surface area is 205 Å². The molecule has 2 aromatic heterocycles. The summed E-state index contributed by atoms with van der Waals surface area (Å²) in [5.74, 6) is 2.80. The highest BCUT2D eigenvalue weighted by atomic mass is 19.1. The summed E-state index contributed by atoms with van der Waals surface area (Å²) in [6.45, 7) is 3.94. The number of imidazole rings is 1. The molecule has 0 saturated carbocycles. The molecule has 0 aliphatic heterocycles. The lowest BCUT2D eigenvalue weighted by Gasteiger charge is -2.13. The van der Waals surface area contributed by atoms with Crippen molar-refractivity contribution < 1.29 is 13.6 Å². The minimum absolute atomic E-state index is 0.171. The molecule has 0 fully saturated rings. The number of fused-ring (bicyclic) bond motifs is 1. The van der Waals surface area contributed by atoms with Crippen molar-refractivity contribution in [3.05, 3.63) is 89.3 Å². The van der Waals surface area contributed by atoms with E-state index in [1.165, 1.54) is 17.7 Å². The summed E-state index contributed by atoms with van der Waals surface area (Å²) in [5.41, 5.74) is 4.85. The topological polar surface area (TPSA) is 60.9 Å². The fourth-order valence-electron chi connectivity index (χ4n) is 4.87. The molecule has 1 aliphatic carbocycles. The van der Waals surface area contributed by atoms with Crippen LogP contribution in [0.2, 0.25) is 0 Å². The monoisotopic (exact) mass is 471 g/mol. The number of hydrogen-bond acceptors (Lipinski definition) is 4. The van der Waals surface area contributed by atoms with E-state index in [4.69, 9.17) is 9.40 Å². The summed E-state index contributed by atoms with van der Waals surface area (Å²) in [4.78, 5) is 22.4. The minimum atomic E-state index is -0.291. The Balaban J connectivity index is 1.29. The largest absolute Gasteiger partial charge is 0.446 e. The van der Waals surface area contributed by atoms with E-state index < -0.39 is 0 Å². The SMILES string of the molecule is Cc1ccc(-c2cn(-c3ccc(F)cc3)c(CC(=O)CCC3CCc4nc(C)oc4CC3)n2)cc1. The van der Waals surface area contributed by atoms with E-state index in [0.29, 0.717) is 18.2 Å². The summed E-state index contributed by atoms with van der Waals surface area (Å²) < 4.78 is 21.2. The van der Waals surface area contributed by atoms with Gasteiger partial charge in [0, 0.05) is 37.2 Å². The number of carbonyl (C=O) groups is 1. The highest BCUT2D eigenvalue weighted by Crippen LogP contribution is 2.28. The number of carbonyl (C=O) groups excluding carboxylic acids is 1. The Morgan fingerprint density at radius 1 is 1.03 bits per heavy atom. The van der Waals surface area contributed by atoms with Crippen molar-refractivity contribution in [1.82, 2.24) is 14.5 Å². The smallest absolute Gasteiger partial charge is 0.191 e. The molecule has 0 radical (unpaired) electrons. The summed E-state index contributed by atoms with van der Waals surface area (Å²) in [6, 6.07) is 14.5. The van der Waals surface area contributed by atoms with Crippen LogP contribution in [-0.4, -0.2) is 20.3 Å². The van der Waals surface area contributed by atoms with E-state index in [9.17, 15) is 9.18 Å². The van der Waals surface area contributed by atoms with Crippen LogP contribution >= 0.6 is 0 Å². The lowest BCUT2D eigenvalue weighted by Crippen LogP contribution is -2.11. The van der Waals surface area contributed by atoms with Crippen molar-refractivity contribution in [2.24, 2.45) is 5.92 Å². The van der Waals surface area contributed by atoms with Crippen LogP contribution in [0.5, 0.6) is 0 Å². The molecule has 0 saturated heterocycles. The summed E-state index contributed by atoms with van der Waals surface area (Å²) >= 11 is 0. The number of benzene rings is 2. The molecule has 4 aromatic rings. The maximum Gasteiger partial charge on any atom is 0.191 e. The molecule has 0 N–H and O–H groups in total. The Kier molecular flexibility index (Phi) is 6.62. The quantitative estimate of drug-likeness (QED) is 0.294. The van der Waals surface area contributed by atoms with Crippen molar-refractivity contribution in [3.63, 3.8) is 0 Å². The summed E-state index contributed by atoms with van der Waals surface area (Å²) in [7, 11) is 0. The first-order valence-electron chi connectivity index (χ1n) is 12.3. The van der Waals surface area contributed by atoms with E-state index in [1.807, 2.05) is 48.9 Å². The zero-order chi connectivity index (χ0) is 24.4. The van der Waals surface area contributed by atoms with E-state index in [0.717, 1.165) is 66.4 Å². The highest BCUT2D eigenvalue weighted by Gasteiger charge is 2.22. The molecule has 5 rings (SSSR count). The second kappa shape index (κ2) is 9.98. The van der Waals surface area contributed by atoms with Gasteiger partial charge in [0.25, 0.3) is 0 Å². The van der Waals surface area contributed by atoms with Gasteiger partial charge in [-0.2, -0.15) is 0 Å². The number of aromatic nitrogens is 3. The molecular weight excluding hydrogens is 441 g/mol. The Morgan fingerprint density at radius 3 is 2.54 bits per heavy atom. The number of hydrogen-bond donors (Lipinski definition) is 0. The molecule has 5 nitrogen and oxygen atoms in total. The molecule has 2 aromatic carbocycles. The molecule has 1 unspecified atom stereocenters.